The van der Waals surface area contributed by atoms with E-state index in [2.05, 4.69) is 21.8 Å². The predicted molar refractivity (Wildman–Crippen MR) is 99.4 cm³/mol. The molecular formula is C20H19N5O. The molecule has 1 aromatic heterocycles. The maximum Gasteiger partial charge on any atom is 0.319 e. The number of nitrogens with zero attached hydrogens (tertiary/aromatic N) is 3. The number of nitriles is 1. The quantitative estimate of drug-likeness (QED) is 0.719. The Hall–Kier alpha value is -3.59. The first-order chi connectivity index (χ1) is 12.7. The van der Waals surface area contributed by atoms with Crippen LogP contribution in [0.4, 0.5) is 10.5 Å². The fraction of sp³-hybridized carbons (Fsp3) is 0.150. The van der Waals surface area contributed by atoms with Gasteiger partial charge in [0, 0.05) is 24.6 Å². The number of carbonyl (C=O) groups excluding carboxylic acids is 1. The van der Waals surface area contributed by atoms with Crippen molar-refractivity contribution < 1.29 is 4.79 Å². The van der Waals surface area contributed by atoms with Crippen molar-refractivity contribution in [2.75, 3.05) is 5.32 Å². The number of aromatic nitrogens is 2. The molecule has 0 atom stereocenters. The molecule has 0 bridgehead atoms. The smallest absolute Gasteiger partial charge is 0.319 e. The first-order valence-electron chi connectivity index (χ1n) is 8.29. The van der Waals surface area contributed by atoms with Crippen molar-refractivity contribution in [2.45, 2.75) is 19.5 Å². The SMILES string of the molecule is N#CCc1ccc(NC(=O)NCc2ccccc2Cn2cccn2)cc1. The summed E-state index contributed by atoms with van der Waals surface area (Å²) in [4.78, 5) is 12.1. The lowest BCUT2D eigenvalue weighted by atomic mass is 10.1. The van der Waals surface area contributed by atoms with E-state index in [4.69, 9.17) is 5.26 Å². The Morgan fingerprint density at radius 2 is 1.85 bits per heavy atom. The summed E-state index contributed by atoms with van der Waals surface area (Å²) in [5.74, 6) is 0. The first kappa shape index (κ1) is 17.2. The number of carbonyl (C=O) groups is 1. The van der Waals surface area contributed by atoms with E-state index < -0.39 is 0 Å². The second-order valence-corrected chi connectivity index (χ2v) is 5.81. The summed E-state index contributed by atoms with van der Waals surface area (Å²) in [6, 6.07) is 18.9. The van der Waals surface area contributed by atoms with Crippen LogP contribution in [0.5, 0.6) is 0 Å². The Morgan fingerprint density at radius 3 is 2.54 bits per heavy atom. The second-order valence-electron chi connectivity index (χ2n) is 5.81. The fourth-order valence-corrected chi connectivity index (χ4v) is 2.60. The van der Waals surface area contributed by atoms with Crippen LogP contribution in [0.25, 0.3) is 0 Å². The molecular weight excluding hydrogens is 326 g/mol. The van der Waals surface area contributed by atoms with Crippen LogP contribution in [0, 0.1) is 11.3 Å². The highest BCUT2D eigenvalue weighted by Crippen LogP contribution is 2.12. The molecule has 3 rings (SSSR count). The average molecular weight is 345 g/mol. The molecule has 0 saturated heterocycles. The molecule has 0 radical (unpaired) electrons. The molecule has 130 valence electrons. The van der Waals surface area contributed by atoms with E-state index in [0.717, 1.165) is 16.7 Å². The minimum Gasteiger partial charge on any atom is -0.334 e. The number of hydrogen-bond acceptors (Lipinski definition) is 3. The number of nitrogens with one attached hydrogen (secondary N) is 2. The molecule has 2 amide bonds. The molecule has 0 aliphatic rings. The van der Waals surface area contributed by atoms with Gasteiger partial charge in [-0.2, -0.15) is 10.4 Å². The zero-order chi connectivity index (χ0) is 18.2. The molecule has 3 aromatic rings. The van der Waals surface area contributed by atoms with Crippen LogP contribution in [-0.2, 0) is 19.5 Å². The molecule has 0 aliphatic heterocycles. The standard InChI is InChI=1S/C20H19N5O/c21-11-10-16-6-8-19(9-7-16)24-20(26)22-14-17-4-1-2-5-18(17)15-25-13-3-12-23-25/h1-9,12-13H,10,14-15H2,(H2,22,24,26). The van der Waals surface area contributed by atoms with Gasteiger partial charge in [-0.1, -0.05) is 36.4 Å². The van der Waals surface area contributed by atoms with Gasteiger partial charge >= 0.3 is 6.03 Å². The van der Waals surface area contributed by atoms with Crippen molar-refractivity contribution in [2.24, 2.45) is 0 Å². The van der Waals surface area contributed by atoms with Crippen LogP contribution in [0.15, 0.2) is 67.0 Å². The highest BCUT2D eigenvalue weighted by molar-refractivity contribution is 5.89. The van der Waals surface area contributed by atoms with E-state index in [9.17, 15) is 4.79 Å². The number of urea groups is 1. The van der Waals surface area contributed by atoms with E-state index in [1.807, 2.05) is 53.3 Å². The van der Waals surface area contributed by atoms with Crippen molar-refractivity contribution in [1.29, 1.82) is 5.26 Å². The Kier molecular flexibility index (Phi) is 5.63. The van der Waals surface area contributed by atoms with Gasteiger partial charge in [0.2, 0.25) is 0 Å². The van der Waals surface area contributed by atoms with Crippen molar-refractivity contribution in [3.63, 3.8) is 0 Å². The first-order valence-corrected chi connectivity index (χ1v) is 8.29. The Bertz CT molecular complexity index is 895. The lowest BCUT2D eigenvalue weighted by Gasteiger charge is -2.12. The molecule has 6 heteroatoms. The largest absolute Gasteiger partial charge is 0.334 e. The number of amides is 2. The van der Waals surface area contributed by atoms with Crippen LogP contribution in [0.2, 0.25) is 0 Å². The summed E-state index contributed by atoms with van der Waals surface area (Å²) in [6.07, 6.45) is 4.02. The molecule has 0 aliphatic carbocycles. The van der Waals surface area contributed by atoms with Crippen molar-refractivity contribution in [3.8, 4) is 6.07 Å². The van der Waals surface area contributed by atoms with Gasteiger partial charge in [0.1, 0.15) is 0 Å². The zero-order valence-electron chi connectivity index (χ0n) is 14.2. The number of benzene rings is 2. The fourth-order valence-electron chi connectivity index (χ4n) is 2.60. The maximum atomic E-state index is 12.1. The third kappa shape index (κ3) is 4.71. The minimum absolute atomic E-state index is 0.271. The van der Waals surface area contributed by atoms with Gasteiger partial charge in [-0.05, 0) is 34.9 Å². The molecule has 0 fully saturated rings. The topological polar surface area (TPSA) is 82.7 Å². The van der Waals surface area contributed by atoms with Gasteiger partial charge in [-0.15, -0.1) is 0 Å². The Labute approximate surface area is 152 Å². The Morgan fingerprint density at radius 1 is 1.08 bits per heavy atom. The van der Waals surface area contributed by atoms with E-state index in [0.29, 0.717) is 25.2 Å². The van der Waals surface area contributed by atoms with E-state index in [1.165, 1.54) is 0 Å². The summed E-state index contributed by atoms with van der Waals surface area (Å²) >= 11 is 0. The maximum absolute atomic E-state index is 12.1. The van der Waals surface area contributed by atoms with Crippen molar-refractivity contribution >= 4 is 11.7 Å². The van der Waals surface area contributed by atoms with Gasteiger partial charge in [0.15, 0.2) is 0 Å². The van der Waals surface area contributed by atoms with E-state index in [1.54, 1.807) is 18.3 Å². The third-order valence-corrected chi connectivity index (χ3v) is 3.94. The molecule has 2 N–H and O–H groups in total. The summed E-state index contributed by atoms with van der Waals surface area (Å²) < 4.78 is 1.85. The lowest BCUT2D eigenvalue weighted by molar-refractivity contribution is 0.251. The normalized spacial score (nSPS) is 10.1. The highest BCUT2D eigenvalue weighted by atomic mass is 16.2. The second kappa shape index (κ2) is 8.49. The molecule has 2 aromatic carbocycles. The van der Waals surface area contributed by atoms with Gasteiger partial charge in [0.05, 0.1) is 19.0 Å². The average Bonchev–Trinajstić information content (AvgIpc) is 3.16. The molecule has 6 nitrogen and oxygen atoms in total. The summed E-state index contributed by atoms with van der Waals surface area (Å²) in [7, 11) is 0. The number of rotatable bonds is 6. The molecule has 26 heavy (non-hydrogen) atoms. The van der Waals surface area contributed by atoms with Crippen molar-refractivity contribution in [1.82, 2.24) is 15.1 Å². The zero-order valence-corrected chi connectivity index (χ0v) is 14.2. The summed E-state index contributed by atoms with van der Waals surface area (Å²) in [5, 5.41) is 18.6. The molecule has 0 saturated carbocycles. The molecule has 0 unspecified atom stereocenters. The monoisotopic (exact) mass is 345 g/mol. The third-order valence-electron chi connectivity index (χ3n) is 3.94. The van der Waals surface area contributed by atoms with Crippen LogP contribution >= 0.6 is 0 Å². The Balaban J connectivity index is 1.57. The van der Waals surface area contributed by atoms with Crippen LogP contribution in [-0.4, -0.2) is 15.8 Å². The predicted octanol–water partition coefficient (Wildman–Crippen LogP) is 3.32. The molecule has 0 spiro atoms. The van der Waals surface area contributed by atoms with E-state index >= 15 is 0 Å². The van der Waals surface area contributed by atoms with Gasteiger partial charge in [0.25, 0.3) is 0 Å². The van der Waals surface area contributed by atoms with E-state index in [-0.39, 0.29) is 6.03 Å². The van der Waals surface area contributed by atoms with Gasteiger partial charge in [-0.3, -0.25) is 4.68 Å². The van der Waals surface area contributed by atoms with Crippen molar-refractivity contribution in [3.05, 3.63) is 83.7 Å². The van der Waals surface area contributed by atoms with Gasteiger partial charge in [-0.25, -0.2) is 4.79 Å². The van der Waals surface area contributed by atoms with Crippen LogP contribution < -0.4 is 10.6 Å². The number of anilines is 1. The van der Waals surface area contributed by atoms with Crippen LogP contribution in [0.1, 0.15) is 16.7 Å². The number of hydrogen-bond donors (Lipinski definition) is 2. The highest BCUT2D eigenvalue weighted by Gasteiger charge is 2.06. The summed E-state index contributed by atoms with van der Waals surface area (Å²) in [5.41, 5.74) is 3.76. The van der Waals surface area contributed by atoms with Crippen LogP contribution in [0.3, 0.4) is 0 Å². The van der Waals surface area contributed by atoms with Gasteiger partial charge < -0.3 is 10.6 Å². The summed E-state index contributed by atoms with van der Waals surface area (Å²) in [6.45, 7) is 1.09. The molecule has 1 heterocycles. The lowest BCUT2D eigenvalue weighted by Crippen LogP contribution is -2.28. The minimum atomic E-state index is -0.271.